The van der Waals surface area contributed by atoms with Gasteiger partial charge < -0.3 is 9.73 Å². The molecule has 128 valence electrons. The van der Waals surface area contributed by atoms with E-state index in [1.807, 2.05) is 37.3 Å². The lowest BCUT2D eigenvalue weighted by Gasteiger charge is -2.13. The van der Waals surface area contributed by atoms with Crippen LogP contribution in [0.5, 0.6) is 0 Å². The minimum Gasteiger partial charge on any atom is -0.411 e. The van der Waals surface area contributed by atoms with Crippen molar-refractivity contribution in [3.63, 3.8) is 0 Å². The van der Waals surface area contributed by atoms with E-state index >= 15 is 0 Å². The number of thioether (sulfide) groups is 1. The van der Waals surface area contributed by atoms with Gasteiger partial charge in [-0.05, 0) is 36.8 Å². The topological polar surface area (TPSA) is 68.0 Å². The van der Waals surface area contributed by atoms with Crippen LogP contribution in [-0.2, 0) is 4.79 Å². The molecule has 25 heavy (non-hydrogen) atoms. The normalized spacial score (nSPS) is 11.9. The molecule has 0 spiro atoms. The molecular weight excluding hydrogens is 341 g/mol. The molecule has 0 aliphatic rings. The van der Waals surface area contributed by atoms with Crippen LogP contribution in [0.3, 0.4) is 0 Å². The smallest absolute Gasteiger partial charge is 0.277 e. The Bertz CT molecular complexity index is 837. The Morgan fingerprint density at radius 3 is 2.60 bits per heavy atom. The second kappa shape index (κ2) is 7.94. The van der Waals surface area contributed by atoms with Gasteiger partial charge in [0.15, 0.2) is 0 Å². The molecule has 7 heteroatoms. The van der Waals surface area contributed by atoms with E-state index in [-0.39, 0.29) is 23.5 Å². The molecule has 1 heterocycles. The molecule has 5 nitrogen and oxygen atoms in total. The highest BCUT2D eigenvalue weighted by Crippen LogP contribution is 2.23. The Morgan fingerprint density at radius 2 is 1.88 bits per heavy atom. The number of hydrogen-bond donors (Lipinski definition) is 1. The van der Waals surface area contributed by atoms with Crippen LogP contribution in [0.4, 0.5) is 4.39 Å². The molecule has 0 unspecified atom stereocenters. The van der Waals surface area contributed by atoms with Gasteiger partial charge in [0.05, 0.1) is 11.8 Å². The molecule has 0 saturated carbocycles. The van der Waals surface area contributed by atoms with Crippen LogP contribution in [0.1, 0.15) is 18.5 Å². The van der Waals surface area contributed by atoms with Gasteiger partial charge in [-0.2, -0.15) is 0 Å². The number of hydrogen-bond acceptors (Lipinski definition) is 5. The van der Waals surface area contributed by atoms with Gasteiger partial charge in [0.2, 0.25) is 11.8 Å². The molecule has 0 aliphatic heterocycles. The highest BCUT2D eigenvalue weighted by Gasteiger charge is 2.13. The molecule has 2 aromatic carbocycles. The fraction of sp³-hybridized carbons (Fsp3) is 0.167. The van der Waals surface area contributed by atoms with Gasteiger partial charge in [0.25, 0.3) is 5.22 Å². The average molecular weight is 357 g/mol. The third kappa shape index (κ3) is 4.67. The molecule has 0 aliphatic carbocycles. The predicted molar refractivity (Wildman–Crippen MR) is 93.4 cm³/mol. The number of amides is 1. The molecule has 1 amide bonds. The lowest BCUT2D eigenvalue weighted by molar-refractivity contribution is -0.119. The molecule has 3 aromatic rings. The summed E-state index contributed by atoms with van der Waals surface area (Å²) < 4.78 is 18.5. The van der Waals surface area contributed by atoms with E-state index in [0.29, 0.717) is 11.1 Å². The lowest BCUT2D eigenvalue weighted by atomic mass is 10.1. The number of nitrogens with one attached hydrogen (secondary N) is 1. The van der Waals surface area contributed by atoms with Crippen molar-refractivity contribution in [2.75, 3.05) is 5.75 Å². The first-order chi connectivity index (χ1) is 12.1. The molecular formula is C18H16FN3O2S. The zero-order chi connectivity index (χ0) is 17.6. The highest BCUT2D eigenvalue weighted by molar-refractivity contribution is 7.99. The summed E-state index contributed by atoms with van der Waals surface area (Å²) in [6, 6.07) is 15.3. The van der Waals surface area contributed by atoms with Crippen LogP contribution in [0, 0.1) is 5.82 Å². The summed E-state index contributed by atoms with van der Waals surface area (Å²) in [4.78, 5) is 12.0. The van der Waals surface area contributed by atoms with Crippen molar-refractivity contribution < 1.29 is 13.6 Å². The Morgan fingerprint density at radius 1 is 1.16 bits per heavy atom. The zero-order valence-electron chi connectivity index (χ0n) is 13.5. The molecule has 0 bridgehead atoms. The van der Waals surface area contributed by atoms with Crippen molar-refractivity contribution >= 4 is 17.7 Å². The minimum atomic E-state index is -0.302. The fourth-order valence-electron chi connectivity index (χ4n) is 2.21. The van der Waals surface area contributed by atoms with Crippen LogP contribution < -0.4 is 5.32 Å². The number of rotatable bonds is 6. The first-order valence-corrected chi connectivity index (χ1v) is 8.67. The van der Waals surface area contributed by atoms with E-state index in [1.54, 1.807) is 12.1 Å². The average Bonchev–Trinajstić information content (AvgIpc) is 3.10. The van der Waals surface area contributed by atoms with Crippen LogP contribution >= 0.6 is 11.8 Å². The van der Waals surface area contributed by atoms with Gasteiger partial charge in [-0.15, -0.1) is 10.2 Å². The fourth-order valence-corrected chi connectivity index (χ4v) is 2.79. The SMILES string of the molecule is C[C@@H](NC(=O)CSc1nnc(-c2ccccc2)o1)c1ccc(F)cc1. The van der Waals surface area contributed by atoms with Gasteiger partial charge in [-0.1, -0.05) is 42.1 Å². The van der Waals surface area contributed by atoms with E-state index in [2.05, 4.69) is 15.5 Å². The number of carbonyl (C=O) groups is 1. The van der Waals surface area contributed by atoms with E-state index in [9.17, 15) is 9.18 Å². The maximum Gasteiger partial charge on any atom is 0.277 e. The number of halogens is 1. The summed E-state index contributed by atoms with van der Waals surface area (Å²) in [5.41, 5.74) is 1.67. The molecule has 3 rings (SSSR count). The predicted octanol–water partition coefficient (Wildman–Crippen LogP) is 3.85. The van der Waals surface area contributed by atoms with E-state index < -0.39 is 0 Å². The zero-order valence-corrected chi connectivity index (χ0v) is 14.3. The summed E-state index contributed by atoms with van der Waals surface area (Å²) in [5, 5.41) is 11.1. The third-order valence-electron chi connectivity index (χ3n) is 3.50. The quantitative estimate of drug-likeness (QED) is 0.679. The molecule has 0 radical (unpaired) electrons. The van der Waals surface area contributed by atoms with Crippen molar-refractivity contribution in [2.24, 2.45) is 0 Å². The largest absolute Gasteiger partial charge is 0.411 e. The summed E-state index contributed by atoms with van der Waals surface area (Å²) >= 11 is 1.17. The van der Waals surface area contributed by atoms with Gasteiger partial charge in [0, 0.05) is 5.56 Å². The maximum absolute atomic E-state index is 12.9. The van der Waals surface area contributed by atoms with Crippen molar-refractivity contribution in [1.29, 1.82) is 0 Å². The van der Waals surface area contributed by atoms with Crippen LogP contribution in [-0.4, -0.2) is 21.9 Å². The van der Waals surface area contributed by atoms with Crippen LogP contribution in [0.2, 0.25) is 0 Å². The first-order valence-electron chi connectivity index (χ1n) is 7.68. The second-order valence-corrected chi connectivity index (χ2v) is 6.30. The number of benzene rings is 2. The summed E-state index contributed by atoms with van der Waals surface area (Å²) in [7, 11) is 0. The van der Waals surface area contributed by atoms with Crippen molar-refractivity contribution in [3.05, 3.63) is 66.0 Å². The van der Waals surface area contributed by atoms with Crippen molar-refractivity contribution in [2.45, 2.75) is 18.2 Å². The van der Waals surface area contributed by atoms with Gasteiger partial charge in [-0.25, -0.2) is 4.39 Å². The van der Waals surface area contributed by atoms with Crippen molar-refractivity contribution in [1.82, 2.24) is 15.5 Å². The van der Waals surface area contributed by atoms with E-state index in [4.69, 9.17) is 4.42 Å². The van der Waals surface area contributed by atoms with E-state index in [0.717, 1.165) is 11.1 Å². The van der Waals surface area contributed by atoms with Crippen LogP contribution in [0.15, 0.2) is 64.2 Å². The lowest BCUT2D eigenvalue weighted by Crippen LogP contribution is -2.28. The summed E-state index contributed by atoms with van der Waals surface area (Å²) in [6.45, 7) is 1.84. The molecule has 1 N–H and O–H groups in total. The van der Waals surface area contributed by atoms with E-state index in [1.165, 1.54) is 23.9 Å². The standard InChI is InChI=1S/C18H16FN3O2S/c1-12(13-7-9-15(19)10-8-13)20-16(23)11-25-18-22-21-17(24-18)14-5-3-2-4-6-14/h2-10,12H,11H2,1H3,(H,20,23)/t12-/m1/s1. The molecule has 1 atom stereocenters. The third-order valence-corrected chi connectivity index (χ3v) is 4.32. The van der Waals surface area contributed by atoms with Gasteiger partial charge in [-0.3, -0.25) is 4.79 Å². The monoisotopic (exact) mass is 357 g/mol. The van der Waals surface area contributed by atoms with Gasteiger partial charge >= 0.3 is 0 Å². The van der Waals surface area contributed by atoms with Crippen LogP contribution in [0.25, 0.3) is 11.5 Å². The number of nitrogens with zero attached hydrogens (tertiary/aromatic N) is 2. The summed E-state index contributed by atoms with van der Waals surface area (Å²) in [5.74, 6) is 0.106. The Hall–Kier alpha value is -2.67. The second-order valence-electron chi connectivity index (χ2n) is 5.37. The first kappa shape index (κ1) is 17.2. The number of aromatic nitrogens is 2. The number of carbonyl (C=O) groups excluding carboxylic acids is 1. The maximum atomic E-state index is 12.9. The molecule has 0 fully saturated rings. The Labute approximate surface area is 148 Å². The van der Waals surface area contributed by atoms with Crippen molar-refractivity contribution in [3.8, 4) is 11.5 Å². The summed E-state index contributed by atoms with van der Waals surface area (Å²) in [6.07, 6.45) is 0. The minimum absolute atomic E-state index is 0.155. The Balaban J connectivity index is 1.52. The highest BCUT2D eigenvalue weighted by atomic mass is 32.2. The Kier molecular flexibility index (Phi) is 5.45. The molecule has 0 saturated heterocycles. The van der Waals surface area contributed by atoms with Gasteiger partial charge in [0.1, 0.15) is 5.82 Å². The molecule has 1 aromatic heterocycles.